The SMILES string of the molecule is O=C1NC(=O)C2(CCCCC2)N1Cc1ccc(F)cc1. The van der Waals surface area contributed by atoms with Gasteiger partial charge in [0.05, 0.1) is 0 Å². The molecule has 0 bridgehead atoms. The molecule has 1 aliphatic carbocycles. The van der Waals surface area contributed by atoms with Crippen LogP contribution in [0.15, 0.2) is 24.3 Å². The van der Waals surface area contributed by atoms with Crippen molar-refractivity contribution < 1.29 is 14.0 Å². The van der Waals surface area contributed by atoms with Gasteiger partial charge in [-0.3, -0.25) is 10.1 Å². The second-order valence-electron chi connectivity index (χ2n) is 5.56. The molecule has 0 radical (unpaired) electrons. The fourth-order valence-corrected chi connectivity index (χ4v) is 3.23. The molecule has 20 heavy (non-hydrogen) atoms. The average molecular weight is 276 g/mol. The Morgan fingerprint density at radius 3 is 2.40 bits per heavy atom. The van der Waals surface area contributed by atoms with Crippen molar-refractivity contribution in [3.05, 3.63) is 35.6 Å². The standard InChI is InChI=1S/C15H17FN2O2/c16-12-6-4-11(5-7-12)10-18-14(20)17-13(19)15(18)8-2-1-3-9-15/h4-7H,1-3,8-10H2,(H,17,19,20). The van der Waals surface area contributed by atoms with Gasteiger partial charge in [0.15, 0.2) is 0 Å². The molecule has 1 saturated carbocycles. The summed E-state index contributed by atoms with van der Waals surface area (Å²) in [5, 5.41) is 2.43. The third kappa shape index (κ3) is 2.07. The van der Waals surface area contributed by atoms with Crippen molar-refractivity contribution in [2.45, 2.75) is 44.2 Å². The fourth-order valence-electron chi connectivity index (χ4n) is 3.23. The molecule has 0 aromatic heterocycles. The monoisotopic (exact) mass is 276 g/mol. The van der Waals surface area contributed by atoms with Crippen molar-refractivity contribution in [1.29, 1.82) is 0 Å². The quantitative estimate of drug-likeness (QED) is 0.844. The zero-order valence-electron chi connectivity index (χ0n) is 11.2. The summed E-state index contributed by atoms with van der Waals surface area (Å²) in [6.07, 6.45) is 4.45. The lowest BCUT2D eigenvalue weighted by Crippen LogP contribution is -2.50. The van der Waals surface area contributed by atoms with Gasteiger partial charge in [0.2, 0.25) is 0 Å². The summed E-state index contributed by atoms with van der Waals surface area (Å²) in [5.41, 5.74) is 0.144. The van der Waals surface area contributed by atoms with Crippen LogP contribution in [0.2, 0.25) is 0 Å². The highest BCUT2D eigenvalue weighted by molar-refractivity contribution is 6.07. The highest BCUT2D eigenvalue weighted by Gasteiger charge is 2.52. The van der Waals surface area contributed by atoms with Crippen molar-refractivity contribution in [3.8, 4) is 0 Å². The van der Waals surface area contributed by atoms with Gasteiger partial charge in [-0.25, -0.2) is 9.18 Å². The first-order valence-electron chi connectivity index (χ1n) is 6.99. The van der Waals surface area contributed by atoms with Crippen LogP contribution in [-0.2, 0) is 11.3 Å². The summed E-state index contributed by atoms with van der Waals surface area (Å²) >= 11 is 0. The Balaban J connectivity index is 1.87. The van der Waals surface area contributed by atoms with Gasteiger partial charge in [0, 0.05) is 6.54 Å². The van der Waals surface area contributed by atoms with E-state index in [0.29, 0.717) is 19.4 Å². The molecule has 1 aromatic rings. The Morgan fingerprint density at radius 2 is 1.75 bits per heavy atom. The predicted molar refractivity (Wildman–Crippen MR) is 71.3 cm³/mol. The van der Waals surface area contributed by atoms with Crippen LogP contribution in [0.3, 0.4) is 0 Å². The molecule has 0 atom stereocenters. The molecular formula is C15H17FN2O2. The zero-order chi connectivity index (χ0) is 14.2. The average Bonchev–Trinajstić information content (AvgIpc) is 2.67. The van der Waals surface area contributed by atoms with Gasteiger partial charge in [-0.2, -0.15) is 0 Å². The Hall–Kier alpha value is -1.91. The van der Waals surface area contributed by atoms with Gasteiger partial charge in [-0.05, 0) is 30.5 Å². The number of nitrogens with zero attached hydrogens (tertiary/aromatic N) is 1. The third-order valence-electron chi connectivity index (χ3n) is 4.34. The molecule has 1 aromatic carbocycles. The van der Waals surface area contributed by atoms with E-state index in [2.05, 4.69) is 5.32 Å². The lowest BCUT2D eigenvalue weighted by Gasteiger charge is -2.38. The van der Waals surface area contributed by atoms with E-state index in [0.717, 1.165) is 24.8 Å². The van der Waals surface area contributed by atoms with Gasteiger partial charge in [-0.1, -0.05) is 31.4 Å². The number of benzene rings is 1. The van der Waals surface area contributed by atoms with Crippen LogP contribution >= 0.6 is 0 Å². The largest absolute Gasteiger partial charge is 0.325 e. The molecule has 0 unspecified atom stereocenters. The lowest BCUT2D eigenvalue weighted by molar-refractivity contribution is -0.128. The number of rotatable bonds is 2. The summed E-state index contributed by atoms with van der Waals surface area (Å²) in [4.78, 5) is 25.9. The highest BCUT2D eigenvalue weighted by Crippen LogP contribution is 2.37. The van der Waals surface area contributed by atoms with Crippen LogP contribution in [0.5, 0.6) is 0 Å². The van der Waals surface area contributed by atoms with E-state index in [-0.39, 0.29) is 17.8 Å². The molecule has 106 valence electrons. The van der Waals surface area contributed by atoms with Gasteiger partial charge < -0.3 is 4.90 Å². The first-order valence-corrected chi connectivity index (χ1v) is 6.99. The molecule has 5 heteroatoms. The third-order valence-corrected chi connectivity index (χ3v) is 4.34. The first-order chi connectivity index (χ1) is 9.62. The summed E-state index contributed by atoms with van der Waals surface area (Å²) < 4.78 is 12.9. The van der Waals surface area contributed by atoms with Crippen LogP contribution in [0.25, 0.3) is 0 Å². The summed E-state index contributed by atoms with van der Waals surface area (Å²) in [5.74, 6) is -0.479. The molecule has 3 amide bonds. The maximum Gasteiger partial charge on any atom is 0.325 e. The topological polar surface area (TPSA) is 49.4 Å². The van der Waals surface area contributed by atoms with E-state index in [4.69, 9.17) is 0 Å². The number of nitrogens with one attached hydrogen (secondary N) is 1. The lowest BCUT2D eigenvalue weighted by atomic mass is 9.80. The van der Waals surface area contributed by atoms with E-state index < -0.39 is 5.54 Å². The van der Waals surface area contributed by atoms with E-state index in [1.165, 1.54) is 12.1 Å². The highest BCUT2D eigenvalue weighted by atomic mass is 19.1. The minimum absolute atomic E-state index is 0.177. The Bertz CT molecular complexity index is 535. The number of hydrogen-bond donors (Lipinski definition) is 1. The number of imide groups is 1. The van der Waals surface area contributed by atoms with E-state index in [1.54, 1.807) is 17.0 Å². The van der Waals surface area contributed by atoms with E-state index >= 15 is 0 Å². The summed E-state index contributed by atoms with van der Waals surface area (Å²) in [6.45, 7) is 0.345. The van der Waals surface area contributed by atoms with Gasteiger partial charge >= 0.3 is 6.03 Å². The minimum Gasteiger partial charge on any atom is -0.305 e. The van der Waals surface area contributed by atoms with Crippen molar-refractivity contribution in [3.63, 3.8) is 0 Å². The summed E-state index contributed by atoms with van der Waals surface area (Å²) in [6, 6.07) is 5.72. The number of halogens is 1. The molecule has 2 aliphatic rings. The van der Waals surface area contributed by atoms with Crippen molar-refractivity contribution in [1.82, 2.24) is 10.2 Å². The number of amides is 3. The second kappa shape index (κ2) is 4.89. The zero-order valence-corrected chi connectivity index (χ0v) is 11.2. The normalized spacial score (nSPS) is 21.4. The maximum absolute atomic E-state index is 12.9. The molecule has 1 aliphatic heterocycles. The molecule has 1 spiro atoms. The molecule has 1 saturated heterocycles. The van der Waals surface area contributed by atoms with Crippen LogP contribution < -0.4 is 5.32 Å². The van der Waals surface area contributed by atoms with Crippen molar-refractivity contribution in [2.24, 2.45) is 0 Å². The molecule has 2 fully saturated rings. The number of carbonyl (C=O) groups excluding carboxylic acids is 2. The molecule has 1 N–H and O–H groups in total. The number of hydrogen-bond acceptors (Lipinski definition) is 2. The molecule has 3 rings (SSSR count). The van der Waals surface area contributed by atoms with E-state index in [1.807, 2.05) is 0 Å². The van der Waals surface area contributed by atoms with E-state index in [9.17, 15) is 14.0 Å². The van der Waals surface area contributed by atoms with Gasteiger partial charge in [-0.15, -0.1) is 0 Å². The van der Waals surface area contributed by atoms with Crippen molar-refractivity contribution in [2.75, 3.05) is 0 Å². The predicted octanol–water partition coefficient (Wildman–Crippen LogP) is 2.58. The summed E-state index contributed by atoms with van der Waals surface area (Å²) in [7, 11) is 0. The minimum atomic E-state index is -0.691. The van der Waals surface area contributed by atoms with Crippen LogP contribution in [0, 0.1) is 5.82 Å². The fraction of sp³-hybridized carbons (Fsp3) is 0.467. The first kappa shape index (κ1) is 13.1. The number of carbonyl (C=O) groups is 2. The van der Waals surface area contributed by atoms with Crippen LogP contribution in [0.4, 0.5) is 9.18 Å². The van der Waals surface area contributed by atoms with Gasteiger partial charge in [0.1, 0.15) is 11.4 Å². The molecule has 4 nitrogen and oxygen atoms in total. The maximum atomic E-state index is 12.9. The van der Waals surface area contributed by atoms with Crippen LogP contribution in [0.1, 0.15) is 37.7 Å². The Kier molecular flexibility index (Phi) is 3.20. The second-order valence-corrected chi connectivity index (χ2v) is 5.56. The van der Waals surface area contributed by atoms with Crippen LogP contribution in [-0.4, -0.2) is 22.4 Å². The molecule has 1 heterocycles. The number of urea groups is 1. The van der Waals surface area contributed by atoms with Crippen molar-refractivity contribution >= 4 is 11.9 Å². The van der Waals surface area contributed by atoms with Gasteiger partial charge in [0.25, 0.3) is 5.91 Å². The smallest absolute Gasteiger partial charge is 0.305 e. The Labute approximate surface area is 117 Å². The Morgan fingerprint density at radius 1 is 1.10 bits per heavy atom. The molecular weight excluding hydrogens is 259 g/mol.